The van der Waals surface area contributed by atoms with Crippen LogP contribution in [0.1, 0.15) is 41.3 Å². The van der Waals surface area contributed by atoms with Crippen LogP contribution in [0.25, 0.3) is 0 Å². The summed E-state index contributed by atoms with van der Waals surface area (Å²) in [5.74, 6) is -0.866. The van der Waals surface area contributed by atoms with Crippen molar-refractivity contribution in [2.24, 2.45) is 5.92 Å². The Bertz CT molecular complexity index is 1300. The fourth-order valence-electron chi connectivity index (χ4n) is 4.63. The number of rotatable bonds is 8. The molecular formula is C30H30Cl2N2O4. The number of likely N-dealkylation sites (tertiary alicyclic amines) is 1. The standard InChI is InChI=1S/C30H30Cl2N2O4/c1-2-38-30(37)23-11-7-15-33(20-23)28(35)17-22-10-6-12-25(16-22)34(19-21-8-4-3-5-9-21)29(36)26-14-13-24(31)18-27(26)32/h3-6,8-10,12-14,16,18,23H,2,7,11,15,17,19-20H2,1H3/t23-/m0/s1. The number of nitrogens with zero attached hydrogens (tertiary/aromatic N) is 2. The lowest BCUT2D eigenvalue weighted by atomic mass is 9.97. The van der Waals surface area contributed by atoms with Crippen molar-refractivity contribution in [3.05, 3.63) is 99.5 Å². The van der Waals surface area contributed by atoms with Gasteiger partial charge in [-0.25, -0.2) is 0 Å². The van der Waals surface area contributed by atoms with Crippen LogP contribution < -0.4 is 4.90 Å². The van der Waals surface area contributed by atoms with Crippen LogP contribution in [0.3, 0.4) is 0 Å². The van der Waals surface area contributed by atoms with Gasteiger partial charge in [-0.1, -0.05) is 65.7 Å². The number of halogens is 2. The molecule has 0 aromatic heterocycles. The van der Waals surface area contributed by atoms with E-state index in [4.69, 9.17) is 27.9 Å². The average Bonchev–Trinajstić information content (AvgIpc) is 2.92. The third kappa shape index (κ3) is 6.94. The zero-order valence-corrected chi connectivity index (χ0v) is 22.8. The molecule has 38 heavy (non-hydrogen) atoms. The van der Waals surface area contributed by atoms with E-state index in [1.165, 1.54) is 0 Å². The third-order valence-corrected chi connectivity index (χ3v) is 7.11. The predicted octanol–water partition coefficient (Wildman–Crippen LogP) is 6.18. The Morgan fingerprint density at radius 2 is 1.74 bits per heavy atom. The van der Waals surface area contributed by atoms with Crippen LogP contribution in [0, 0.1) is 5.92 Å². The maximum atomic E-state index is 13.7. The van der Waals surface area contributed by atoms with Gasteiger partial charge in [-0.2, -0.15) is 0 Å². The summed E-state index contributed by atoms with van der Waals surface area (Å²) in [5.41, 5.74) is 2.72. The van der Waals surface area contributed by atoms with Gasteiger partial charge in [0.25, 0.3) is 5.91 Å². The van der Waals surface area contributed by atoms with E-state index in [0.29, 0.717) is 42.5 Å². The lowest BCUT2D eigenvalue weighted by Gasteiger charge is -2.31. The van der Waals surface area contributed by atoms with Crippen molar-refractivity contribution in [2.75, 3.05) is 24.6 Å². The zero-order valence-electron chi connectivity index (χ0n) is 21.2. The highest BCUT2D eigenvalue weighted by Crippen LogP contribution is 2.27. The topological polar surface area (TPSA) is 66.9 Å². The summed E-state index contributed by atoms with van der Waals surface area (Å²) >= 11 is 12.4. The van der Waals surface area contributed by atoms with E-state index in [1.807, 2.05) is 54.6 Å². The van der Waals surface area contributed by atoms with E-state index in [2.05, 4.69) is 0 Å². The summed E-state index contributed by atoms with van der Waals surface area (Å²) in [6, 6.07) is 21.9. The first-order valence-electron chi connectivity index (χ1n) is 12.7. The van der Waals surface area contributed by atoms with E-state index in [0.717, 1.165) is 24.0 Å². The summed E-state index contributed by atoms with van der Waals surface area (Å²) in [7, 11) is 0. The smallest absolute Gasteiger partial charge is 0.310 e. The Labute approximate surface area is 233 Å². The molecular weight excluding hydrogens is 523 g/mol. The van der Waals surface area contributed by atoms with Gasteiger partial charge in [0, 0.05) is 23.8 Å². The summed E-state index contributed by atoms with van der Waals surface area (Å²) in [6.45, 7) is 3.41. The van der Waals surface area contributed by atoms with Crippen LogP contribution in [-0.4, -0.2) is 42.4 Å². The maximum absolute atomic E-state index is 13.7. The third-order valence-electron chi connectivity index (χ3n) is 6.56. The second-order valence-corrected chi connectivity index (χ2v) is 10.1. The van der Waals surface area contributed by atoms with Crippen LogP contribution >= 0.6 is 23.2 Å². The summed E-state index contributed by atoms with van der Waals surface area (Å²) in [5, 5.41) is 0.720. The molecule has 6 nitrogen and oxygen atoms in total. The number of carbonyl (C=O) groups excluding carboxylic acids is 3. The van der Waals surface area contributed by atoms with E-state index in [9.17, 15) is 14.4 Å². The highest BCUT2D eigenvalue weighted by atomic mass is 35.5. The van der Waals surface area contributed by atoms with Gasteiger partial charge in [-0.05, 0) is 61.2 Å². The molecule has 3 aromatic rings. The molecule has 2 amide bonds. The summed E-state index contributed by atoms with van der Waals surface area (Å²) < 4.78 is 5.16. The quantitative estimate of drug-likeness (QED) is 0.313. The number of hydrogen-bond acceptors (Lipinski definition) is 4. The van der Waals surface area contributed by atoms with Crippen molar-refractivity contribution < 1.29 is 19.1 Å². The molecule has 1 saturated heterocycles. The number of esters is 1. The van der Waals surface area contributed by atoms with Gasteiger partial charge in [0.15, 0.2) is 0 Å². The fraction of sp³-hybridized carbons (Fsp3) is 0.300. The summed E-state index contributed by atoms with van der Waals surface area (Å²) in [4.78, 5) is 42.4. The van der Waals surface area contributed by atoms with Crippen molar-refractivity contribution in [3.8, 4) is 0 Å². The van der Waals surface area contributed by atoms with E-state index < -0.39 is 0 Å². The fourth-order valence-corrected chi connectivity index (χ4v) is 5.12. The van der Waals surface area contributed by atoms with E-state index in [-0.39, 0.29) is 35.1 Å². The minimum absolute atomic E-state index is 0.0576. The first kappa shape index (κ1) is 27.7. The number of ether oxygens (including phenoxy) is 1. The van der Waals surface area contributed by atoms with Gasteiger partial charge < -0.3 is 14.5 Å². The average molecular weight is 553 g/mol. The number of anilines is 1. The Morgan fingerprint density at radius 3 is 2.47 bits per heavy atom. The van der Waals surface area contributed by atoms with E-state index in [1.54, 1.807) is 34.9 Å². The molecule has 1 aliphatic rings. The normalized spacial score (nSPS) is 15.1. The molecule has 3 aromatic carbocycles. The van der Waals surface area contributed by atoms with Crippen LogP contribution in [0.2, 0.25) is 10.0 Å². The van der Waals surface area contributed by atoms with Gasteiger partial charge in [0.1, 0.15) is 0 Å². The molecule has 0 bridgehead atoms. The van der Waals surface area contributed by atoms with Crippen LogP contribution in [-0.2, 0) is 27.3 Å². The molecule has 1 fully saturated rings. The highest BCUT2D eigenvalue weighted by Gasteiger charge is 2.29. The molecule has 198 valence electrons. The SMILES string of the molecule is CCOC(=O)[C@H]1CCCN(C(=O)Cc2cccc(N(Cc3ccccc3)C(=O)c3ccc(Cl)cc3Cl)c2)C1. The molecule has 0 unspecified atom stereocenters. The van der Waals surface area contributed by atoms with Crippen molar-refractivity contribution in [1.82, 2.24) is 4.90 Å². The van der Waals surface area contributed by atoms with Crippen molar-refractivity contribution in [1.29, 1.82) is 0 Å². The first-order chi connectivity index (χ1) is 18.4. The molecule has 1 aliphatic heterocycles. The molecule has 1 atom stereocenters. The van der Waals surface area contributed by atoms with E-state index >= 15 is 0 Å². The van der Waals surface area contributed by atoms with Gasteiger partial charge in [-0.3, -0.25) is 14.4 Å². The highest BCUT2D eigenvalue weighted by molar-refractivity contribution is 6.37. The first-order valence-corrected chi connectivity index (χ1v) is 13.5. The van der Waals surface area contributed by atoms with Crippen LogP contribution in [0.4, 0.5) is 5.69 Å². The lowest BCUT2D eigenvalue weighted by molar-refractivity contribution is -0.151. The van der Waals surface area contributed by atoms with Crippen molar-refractivity contribution in [3.63, 3.8) is 0 Å². The summed E-state index contributed by atoms with van der Waals surface area (Å²) in [6.07, 6.45) is 1.65. The minimum atomic E-state index is -0.290. The Morgan fingerprint density at radius 1 is 0.974 bits per heavy atom. The molecule has 0 aliphatic carbocycles. The van der Waals surface area contributed by atoms with Gasteiger partial charge in [0.2, 0.25) is 5.91 Å². The molecule has 0 saturated carbocycles. The maximum Gasteiger partial charge on any atom is 0.310 e. The van der Waals surface area contributed by atoms with Gasteiger partial charge in [0.05, 0.1) is 36.1 Å². The monoisotopic (exact) mass is 552 g/mol. The Hall–Kier alpha value is -3.35. The number of benzene rings is 3. The van der Waals surface area contributed by atoms with Crippen LogP contribution in [0.15, 0.2) is 72.8 Å². The number of hydrogen-bond donors (Lipinski definition) is 0. The second-order valence-electron chi connectivity index (χ2n) is 9.28. The second kappa shape index (κ2) is 12.9. The van der Waals surface area contributed by atoms with Crippen molar-refractivity contribution in [2.45, 2.75) is 32.7 Å². The Balaban J connectivity index is 1.56. The van der Waals surface area contributed by atoms with Crippen molar-refractivity contribution >= 4 is 46.7 Å². The molecule has 1 heterocycles. The molecule has 0 N–H and O–H groups in total. The molecule has 8 heteroatoms. The largest absolute Gasteiger partial charge is 0.466 e. The lowest BCUT2D eigenvalue weighted by Crippen LogP contribution is -2.43. The number of carbonyl (C=O) groups is 3. The van der Waals surface area contributed by atoms with Gasteiger partial charge in [-0.15, -0.1) is 0 Å². The Kier molecular flexibility index (Phi) is 9.43. The predicted molar refractivity (Wildman–Crippen MR) is 150 cm³/mol. The molecule has 0 spiro atoms. The van der Waals surface area contributed by atoms with Gasteiger partial charge >= 0.3 is 5.97 Å². The minimum Gasteiger partial charge on any atom is -0.466 e. The number of amides is 2. The molecule has 4 rings (SSSR count). The number of piperidine rings is 1. The zero-order chi connectivity index (χ0) is 27.1. The molecule has 0 radical (unpaired) electrons. The van der Waals surface area contributed by atoms with Crippen LogP contribution in [0.5, 0.6) is 0 Å².